The van der Waals surface area contributed by atoms with Gasteiger partial charge in [0.2, 0.25) is 0 Å². The van der Waals surface area contributed by atoms with Crippen molar-refractivity contribution < 1.29 is 0 Å². The van der Waals surface area contributed by atoms with Gasteiger partial charge in [-0.2, -0.15) is 5.10 Å². The highest BCUT2D eigenvalue weighted by molar-refractivity contribution is 5.80. The van der Waals surface area contributed by atoms with Crippen molar-refractivity contribution in [2.45, 2.75) is 20.3 Å². The first-order valence-electron chi connectivity index (χ1n) is 2.61. The largest absolute Gasteiger partial charge is 0.386 e. The molecule has 0 aliphatic rings. The number of amidine groups is 1. The molecule has 8 heavy (non-hydrogen) atoms. The molecule has 0 aromatic rings. The molecule has 0 aliphatic heterocycles. The third-order valence-electron chi connectivity index (χ3n) is 0.664. The summed E-state index contributed by atoms with van der Waals surface area (Å²) in [6.07, 6.45) is 2.36. The molecule has 46 valence electrons. The summed E-state index contributed by atoms with van der Waals surface area (Å²) in [5, 5.41) is 7.21. The van der Waals surface area contributed by atoms with E-state index in [1.807, 2.05) is 6.92 Å². The van der Waals surface area contributed by atoms with E-state index in [0.717, 1.165) is 6.42 Å². The summed E-state index contributed by atoms with van der Waals surface area (Å²) in [4.78, 5) is 0. The Kier molecular flexibility index (Phi) is 3.84. The van der Waals surface area contributed by atoms with Crippen LogP contribution in [0.15, 0.2) is 10.2 Å². The fourth-order valence-corrected chi connectivity index (χ4v) is 0.203. The Morgan fingerprint density at radius 3 is 2.75 bits per heavy atom. The summed E-state index contributed by atoms with van der Waals surface area (Å²) in [5.41, 5.74) is 5.30. The van der Waals surface area contributed by atoms with E-state index >= 15 is 0 Å². The number of nitrogens with two attached hydrogens (primary N) is 1. The maximum absolute atomic E-state index is 5.30. The van der Waals surface area contributed by atoms with Crippen molar-refractivity contribution in [3.05, 3.63) is 0 Å². The minimum absolute atomic E-state index is 0.572. The van der Waals surface area contributed by atoms with Gasteiger partial charge >= 0.3 is 0 Å². The molecule has 0 atom stereocenters. The zero-order valence-corrected chi connectivity index (χ0v) is 5.26. The maximum atomic E-state index is 5.30. The Labute approximate surface area is 49.3 Å². The predicted molar refractivity (Wildman–Crippen MR) is 36.1 cm³/mol. The van der Waals surface area contributed by atoms with E-state index in [-0.39, 0.29) is 0 Å². The van der Waals surface area contributed by atoms with E-state index in [4.69, 9.17) is 5.73 Å². The summed E-state index contributed by atoms with van der Waals surface area (Å²) >= 11 is 0. The average molecular weight is 113 g/mol. The molecule has 0 aromatic carbocycles. The fraction of sp³-hybridized carbons (Fsp3) is 0.600. The molecule has 0 spiro atoms. The minimum atomic E-state index is 0.572. The highest BCUT2D eigenvalue weighted by Gasteiger charge is 1.79. The number of hydrogen-bond acceptors (Lipinski definition) is 2. The van der Waals surface area contributed by atoms with Gasteiger partial charge < -0.3 is 5.73 Å². The fourth-order valence-electron chi connectivity index (χ4n) is 0.203. The van der Waals surface area contributed by atoms with Gasteiger partial charge in [0.05, 0.1) is 0 Å². The summed E-state index contributed by atoms with van der Waals surface area (Å²) in [6.45, 7) is 3.73. The molecule has 0 bridgehead atoms. The van der Waals surface area contributed by atoms with Gasteiger partial charge in [0.25, 0.3) is 0 Å². The molecule has 2 N–H and O–H groups in total. The summed E-state index contributed by atoms with van der Waals surface area (Å²) in [5.74, 6) is 0.572. The Balaban J connectivity index is 3.57. The first kappa shape index (κ1) is 7.14. The molecule has 0 aliphatic carbocycles. The Morgan fingerprint density at radius 1 is 1.75 bits per heavy atom. The molecular formula is C5H11N3. The summed E-state index contributed by atoms with van der Waals surface area (Å²) in [6, 6.07) is 0. The monoisotopic (exact) mass is 113 g/mol. The number of nitrogens with zero attached hydrogens (tertiary/aromatic N) is 2. The first-order chi connectivity index (χ1) is 3.81. The van der Waals surface area contributed by atoms with Gasteiger partial charge in [0.15, 0.2) is 0 Å². The van der Waals surface area contributed by atoms with E-state index < -0.39 is 0 Å². The van der Waals surface area contributed by atoms with Crippen LogP contribution in [0.3, 0.4) is 0 Å². The molecule has 0 heterocycles. The second kappa shape index (κ2) is 4.30. The van der Waals surface area contributed by atoms with Crippen molar-refractivity contribution in [3.63, 3.8) is 0 Å². The van der Waals surface area contributed by atoms with Crippen LogP contribution in [-0.2, 0) is 0 Å². The molecule has 0 rings (SSSR count). The second-order valence-electron chi connectivity index (χ2n) is 1.32. The molecule has 0 saturated carbocycles. The molecule has 0 radical (unpaired) electrons. The van der Waals surface area contributed by atoms with Crippen LogP contribution in [0.4, 0.5) is 0 Å². The van der Waals surface area contributed by atoms with Gasteiger partial charge in [-0.3, -0.25) is 0 Å². The van der Waals surface area contributed by atoms with Gasteiger partial charge in [-0.05, 0) is 6.92 Å². The Morgan fingerprint density at radius 2 is 2.38 bits per heavy atom. The zero-order valence-electron chi connectivity index (χ0n) is 5.26. The van der Waals surface area contributed by atoms with Gasteiger partial charge in [0.1, 0.15) is 5.84 Å². The number of hydrogen-bond donors (Lipinski definition) is 1. The van der Waals surface area contributed by atoms with Crippen LogP contribution in [0.2, 0.25) is 0 Å². The SMILES string of the molecule is C/C=N/N=C(N)CC. The van der Waals surface area contributed by atoms with Crippen LogP contribution < -0.4 is 5.73 Å². The molecule has 0 unspecified atom stereocenters. The standard InChI is InChI=1S/C5H11N3/c1-3-5(6)8-7-4-2/h4H,3H2,1-2H3,(H2,6,8)/b7-4+. The molecule has 3 nitrogen and oxygen atoms in total. The van der Waals surface area contributed by atoms with E-state index in [0.29, 0.717) is 5.84 Å². The second-order valence-corrected chi connectivity index (χ2v) is 1.32. The van der Waals surface area contributed by atoms with E-state index in [1.54, 1.807) is 13.1 Å². The highest BCUT2D eigenvalue weighted by atomic mass is 15.2. The third-order valence-corrected chi connectivity index (χ3v) is 0.664. The topological polar surface area (TPSA) is 50.7 Å². The number of rotatable bonds is 2. The summed E-state index contributed by atoms with van der Waals surface area (Å²) < 4.78 is 0. The van der Waals surface area contributed by atoms with Crippen molar-refractivity contribution in [1.29, 1.82) is 0 Å². The van der Waals surface area contributed by atoms with Crippen molar-refractivity contribution in [2.75, 3.05) is 0 Å². The lowest BCUT2D eigenvalue weighted by molar-refractivity contribution is 1.15. The van der Waals surface area contributed by atoms with Gasteiger partial charge in [-0.1, -0.05) is 6.92 Å². The third kappa shape index (κ3) is 3.33. The van der Waals surface area contributed by atoms with E-state index in [2.05, 4.69) is 10.2 Å². The van der Waals surface area contributed by atoms with E-state index in [1.165, 1.54) is 0 Å². The van der Waals surface area contributed by atoms with Crippen LogP contribution >= 0.6 is 0 Å². The quantitative estimate of drug-likeness (QED) is 0.321. The normalized spacial score (nSPS) is 13.0. The lowest BCUT2D eigenvalue weighted by atomic mass is 10.5. The Bertz CT molecular complexity index is 104. The lowest BCUT2D eigenvalue weighted by Crippen LogP contribution is -2.08. The molecule has 3 heteroatoms. The van der Waals surface area contributed by atoms with Crippen molar-refractivity contribution in [2.24, 2.45) is 15.9 Å². The lowest BCUT2D eigenvalue weighted by Gasteiger charge is -1.85. The Hall–Kier alpha value is -0.860. The average Bonchev–Trinajstić information content (AvgIpc) is 1.83. The van der Waals surface area contributed by atoms with E-state index in [9.17, 15) is 0 Å². The van der Waals surface area contributed by atoms with Gasteiger partial charge in [-0.25, -0.2) is 0 Å². The molecule has 0 fully saturated rings. The van der Waals surface area contributed by atoms with Crippen molar-refractivity contribution in [3.8, 4) is 0 Å². The predicted octanol–water partition coefficient (Wildman–Crippen LogP) is 0.759. The molecule has 0 aromatic heterocycles. The van der Waals surface area contributed by atoms with Crippen LogP contribution in [-0.4, -0.2) is 12.1 Å². The van der Waals surface area contributed by atoms with Crippen LogP contribution in [0.5, 0.6) is 0 Å². The smallest absolute Gasteiger partial charge is 0.122 e. The first-order valence-corrected chi connectivity index (χ1v) is 2.61. The molecule has 0 saturated heterocycles. The van der Waals surface area contributed by atoms with Crippen molar-refractivity contribution >= 4 is 12.1 Å². The van der Waals surface area contributed by atoms with Crippen LogP contribution in [0, 0.1) is 0 Å². The zero-order chi connectivity index (χ0) is 6.41. The minimum Gasteiger partial charge on any atom is -0.386 e. The van der Waals surface area contributed by atoms with Gasteiger partial charge in [-0.15, -0.1) is 5.10 Å². The van der Waals surface area contributed by atoms with Gasteiger partial charge in [0, 0.05) is 12.6 Å². The molecular weight excluding hydrogens is 102 g/mol. The molecule has 0 amide bonds. The van der Waals surface area contributed by atoms with Crippen LogP contribution in [0.1, 0.15) is 20.3 Å². The van der Waals surface area contributed by atoms with Crippen LogP contribution in [0.25, 0.3) is 0 Å². The maximum Gasteiger partial charge on any atom is 0.122 e. The highest BCUT2D eigenvalue weighted by Crippen LogP contribution is 1.76. The van der Waals surface area contributed by atoms with Crippen molar-refractivity contribution in [1.82, 2.24) is 0 Å². The summed E-state index contributed by atoms with van der Waals surface area (Å²) in [7, 11) is 0.